The molecule has 0 aliphatic carbocycles. The maximum Gasteiger partial charge on any atom is 0.257 e. The number of pyridine rings is 3. The van der Waals surface area contributed by atoms with E-state index in [0.717, 1.165) is 42.7 Å². The van der Waals surface area contributed by atoms with Crippen LogP contribution in [0.15, 0.2) is 67.4 Å². The second kappa shape index (κ2) is 8.58. The molecule has 0 spiro atoms. The number of nitrogens with zero attached hydrogens (tertiary/aromatic N) is 5. The fourth-order valence-corrected chi connectivity index (χ4v) is 4.00. The van der Waals surface area contributed by atoms with E-state index < -0.39 is 0 Å². The van der Waals surface area contributed by atoms with E-state index in [9.17, 15) is 9.59 Å². The van der Waals surface area contributed by atoms with Gasteiger partial charge in [0.05, 0.1) is 28.5 Å². The molecule has 1 saturated heterocycles. The van der Waals surface area contributed by atoms with Gasteiger partial charge in [0.2, 0.25) is 0 Å². The van der Waals surface area contributed by atoms with Crippen molar-refractivity contribution in [3.05, 3.63) is 78.5 Å². The molecule has 4 aromatic heterocycles. The highest BCUT2D eigenvalue weighted by Gasteiger charge is 2.22. The molecule has 0 atom stereocenters. The number of carbonyl (C=O) groups is 2. The Morgan fingerprint density at radius 2 is 1.72 bits per heavy atom. The molecule has 1 fully saturated rings. The summed E-state index contributed by atoms with van der Waals surface area (Å²) in [6.07, 6.45) is 11.3. The van der Waals surface area contributed by atoms with Crippen LogP contribution in [0.3, 0.4) is 0 Å². The van der Waals surface area contributed by atoms with Crippen LogP contribution in [0.5, 0.6) is 0 Å². The van der Waals surface area contributed by atoms with Crippen LogP contribution in [0.1, 0.15) is 40.0 Å². The largest absolute Gasteiger partial charge is 0.339 e. The average Bonchev–Trinajstić information content (AvgIpc) is 3.29. The highest BCUT2D eigenvalue weighted by atomic mass is 16.2. The number of likely N-dealkylation sites (tertiary alicyclic amines) is 1. The number of fused-ring (bicyclic) bond motifs is 1. The molecule has 4 aromatic rings. The Hall–Kier alpha value is -4.07. The molecule has 1 N–H and O–H groups in total. The number of amides is 2. The molecule has 0 radical (unpaired) electrons. The summed E-state index contributed by atoms with van der Waals surface area (Å²) in [6, 6.07) is 10.9. The van der Waals surface area contributed by atoms with Gasteiger partial charge in [-0.15, -0.1) is 0 Å². The van der Waals surface area contributed by atoms with Gasteiger partial charge in [0.25, 0.3) is 11.8 Å². The molecule has 0 bridgehead atoms. The topological polar surface area (TPSA) is 92.5 Å². The highest BCUT2D eigenvalue weighted by molar-refractivity contribution is 6.04. The second-order valence-electron chi connectivity index (χ2n) is 7.77. The summed E-state index contributed by atoms with van der Waals surface area (Å²) in [4.78, 5) is 35.8. The number of anilines is 1. The van der Waals surface area contributed by atoms with Crippen molar-refractivity contribution >= 4 is 23.0 Å². The smallest absolute Gasteiger partial charge is 0.257 e. The Balaban J connectivity index is 1.46. The standard InChI is InChI=1S/C24H22N6O2/c31-23(28-19-7-9-25-10-8-19)18-13-17(14-26-15-18)21-5-4-6-22-20(16-27-30(21)22)24(32)29-11-2-1-3-12-29/h4-10,13-16H,1-3,11-12H2,(H,25,28,31). The van der Waals surface area contributed by atoms with E-state index >= 15 is 0 Å². The number of aromatic nitrogens is 4. The Morgan fingerprint density at radius 1 is 0.906 bits per heavy atom. The summed E-state index contributed by atoms with van der Waals surface area (Å²) in [5.41, 5.74) is 3.90. The first kappa shape index (κ1) is 19.9. The van der Waals surface area contributed by atoms with Gasteiger partial charge in [-0.1, -0.05) is 6.07 Å². The predicted molar refractivity (Wildman–Crippen MR) is 120 cm³/mol. The third-order valence-electron chi connectivity index (χ3n) is 5.65. The van der Waals surface area contributed by atoms with Crippen molar-refractivity contribution in [2.24, 2.45) is 0 Å². The molecule has 160 valence electrons. The summed E-state index contributed by atoms with van der Waals surface area (Å²) in [6.45, 7) is 1.57. The SMILES string of the molecule is O=C(Nc1ccncc1)c1cncc(-c2cccc3c(C(=O)N4CCCCC4)cnn23)c1. The zero-order valence-electron chi connectivity index (χ0n) is 17.4. The highest BCUT2D eigenvalue weighted by Crippen LogP contribution is 2.24. The monoisotopic (exact) mass is 426 g/mol. The third-order valence-corrected chi connectivity index (χ3v) is 5.65. The van der Waals surface area contributed by atoms with E-state index in [0.29, 0.717) is 16.8 Å². The van der Waals surface area contributed by atoms with Crippen molar-refractivity contribution in [2.45, 2.75) is 19.3 Å². The maximum absolute atomic E-state index is 13.0. The van der Waals surface area contributed by atoms with Gasteiger partial charge in [0.1, 0.15) is 0 Å². The third kappa shape index (κ3) is 3.82. The van der Waals surface area contributed by atoms with Gasteiger partial charge in [-0.2, -0.15) is 5.10 Å². The van der Waals surface area contributed by atoms with Crippen molar-refractivity contribution in [3.8, 4) is 11.3 Å². The molecule has 1 aliphatic heterocycles. The van der Waals surface area contributed by atoms with Gasteiger partial charge in [-0.25, -0.2) is 4.52 Å². The van der Waals surface area contributed by atoms with Gasteiger partial charge in [-0.05, 0) is 49.6 Å². The molecule has 1 aliphatic rings. The number of hydrogen-bond donors (Lipinski definition) is 1. The molecule has 8 nitrogen and oxygen atoms in total. The lowest BCUT2D eigenvalue weighted by Crippen LogP contribution is -2.35. The first-order chi connectivity index (χ1) is 15.7. The zero-order chi connectivity index (χ0) is 21.9. The molecular formula is C24H22N6O2. The van der Waals surface area contributed by atoms with Crippen LogP contribution in [-0.4, -0.2) is 49.4 Å². The van der Waals surface area contributed by atoms with Crippen molar-refractivity contribution in [1.29, 1.82) is 0 Å². The zero-order valence-corrected chi connectivity index (χ0v) is 17.4. The van der Waals surface area contributed by atoms with E-state index in [2.05, 4.69) is 20.4 Å². The van der Waals surface area contributed by atoms with E-state index in [1.807, 2.05) is 23.1 Å². The van der Waals surface area contributed by atoms with E-state index in [4.69, 9.17) is 0 Å². The van der Waals surface area contributed by atoms with Gasteiger partial charge in [0, 0.05) is 49.1 Å². The molecule has 0 unspecified atom stereocenters. The Kier molecular flexibility index (Phi) is 5.33. The van der Waals surface area contributed by atoms with E-state index in [-0.39, 0.29) is 11.8 Å². The van der Waals surface area contributed by atoms with Crippen LogP contribution in [-0.2, 0) is 0 Å². The summed E-state index contributed by atoms with van der Waals surface area (Å²) in [5, 5.41) is 7.32. The first-order valence-electron chi connectivity index (χ1n) is 10.6. The van der Waals surface area contributed by atoms with Gasteiger partial charge < -0.3 is 10.2 Å². The molecule has 0 aromatic carbocycles. The minimum atomic E-state index is -0.265. The molecular weight excluding hydrogens is 404 g/mol. The van der Waals surface area contributed by atoms with E-state index in [1.54, 1.807) is 47.5 Å². The fraction of sp³-hybridized carbons (Fsp3) is 0.208. The average molecular weight is 426 g/mol. The van der Waals surface area contributed by atoms with Gasteiger partial charge in [-0.3, -0.25) is 19.6 Å². The molecule has 5 heterocycles. The van der Waals surface area contributed by atoms with Crippen LogP contribution in [0.2, 0.25) is 0 Å². The maximum atomic E-state index is 13.0. The van der Waals surface area contributed by atoms with E-state index in [1.165, 1.54) is 12.6 Å². The molecule has 5 rings (SSSR count). The summed E-state index contributed by atoms with van der Waals surface area (Å²) in [5.74, 6) is -0.250. The minimum Gasteiger partial charge on any atom is -0.339 e. The number of hydrogen-bond acceptors (Lipinski definition) is 5. The molecule has 2 amide bonds. The van der Waals surface area contributed by atoms with Crippen LogP contribution in [0.25, 0.3) is 16.8 Å². The fourth-order valence-electron chi connectivity index (χ4n) is 4.00. The van der Waals surface area contributed by atoms with Crippen LogP contribution < -0.4 is 5.32 Å². The van der Waals surface area contributed by atoms with Crippen LogP contribution in [0.4, 0.5) is 5.69 Å². The Morgan fingerprint density at radius 3 is 2.53 bits per heavy atom. The first-order valence-corrected chi connectivity index (χ1v) is 10.6. The molecule has 8 heteroatoms. The normalized spacial score (nSPS) is 13.8. The van der Waals surface area contributed by atoms with Crippen molar-refractivity contribution in [1.82, 2.24) is 24.5 Å². The van der Waals surface area contributed by atoms with Crippen molar-refractivity contribution in [3.63, 3.8) is 0 Å². The van der Waals surface area contributed by atoms with Crippen molar-refractivity contribution in [2.75, 3.05) is 18.4 Å². The lowest BCUT2D eigenvalue weighted by atomic mass is 10.1. The lowest BCUT2D eigenvalue weighted by Gasteiger charge is -2.26. The Bertz CT molecular complexity index is 1280. The predicted octanol–water partition coefficient (Wildman–Crippen LogP) is 3.67. The molecule has 0 saturated carbocycles. The number of nitrogens with one attached hydrogen (secondary N) is 1. The second-order valence-corrected chi connectivity index (χ2v) is 7.77. The minimum absolute atomic E-state index is 0.0143. The summed E-state index contributed by atoms with van der Waals surface area (Å²) in [7, 11) is 0. The lowest BCUT2D eigenvalue weighted by molar-refractivity contribution is 0.0726. The van der Waals surface area contributed by atoms with Crippen molar-refractivity contribution < 1.29 is 9.59 Å². The van der Waals surface area contributed by atoms with Crippen LogP contribution >= 0.6 is 0 Å². The number of piperidine rings is 1. The quantitative estimate of drug-likeness (QED) is 0.538. The summed E-state index contributed by atoms with van der Waals surface area (Å²) < 4.78 is 1.73. The Labute approximate surface area is 184 Å². The molecule has 32 heavy (non-hydrogen) atoms. The summed E-state index contributed by atoms with van der Waals surface area (Å²) >= 11 is 0. The number of carbonyl (C=O) groups excluding carboxylic acids is 2. The van der Waals surface area contributed by atoms with Crippen LogP contribution in [0, 0.1) is 0 Å². The van der Waals surface area contributed by atoms with Gasteiger partial charge >= 0.3 is 0 Å². The van der Waals surface area contributed by atoms with Gasteiger partial charge in [0.15, 0.2) is 0 Å². The number of rotatable bonds is 4.